The fourth-order valence-corrected chi connectivity index (χ4v) is 3.92. The summed E-state index contributed by atoms with van der Waals surface area (Å²) in [6.07, 6.45) is 1.63. The number of benzene rings is 1. The van der Waals surface area contributed by atoms with Gasteiger partial charge in [0.2, 0.25) is 5.91 Å². The van der Waals surface area contributed by atoms with E-state index in [0.29, 0.717) is 17.2 Å². The maximum absolute atomic E-state index is 12.6. The molecule has 4 rings (SSSR count). The van der Waals surface area contributed by atoms with Gasteiger partial charge in [0.25, 0.3) is 5.91 Å². The van der Waals surface area contributed by atoms with Crippen LogP contribution in [0.3, 0.4) is 0 Å². The van der Waals surface area contributed by atoms with Crippen LogP contribution in [-0.2, 0) is 11.3 Å². The molecular formula is C17H13N3O2S2. The molecule has 0 radical (unpaired) electrons. The van der Waals surface area contributed by atoms with Crippen LogP contribution in [0.4, 0.5) is 5.13 Å². The van der Waals surface area contributed by atoms with Crippen molar-refractivity contribution in [1.82, 2.24) is 9.88 Å². The Labute approximate surface area is 146 Å². The Balaban J connectivity index is 1.49. The van der Waals surface area contributed by atoms with Gasteiger partial charge in [0.15, 0.2) is 5.13 Å². The van der Waals surface area contributed by atoms with Gasteiger partial charge in [-0.25, -0.2) is 4.98 Å². The molecule has 1 aliphatic rings. The normalized spacial score (nSPS) is 13.2. The first-order valence-corrected chi connectivity index (χ1v) is 9.17. The van der Waals surface area contributed by atoms with Crippen LogP contribution in [0.25, 0.3) is 11.1 Å². The predicted molar refractivity (Wildman–Crippen MR) is 95.2 cm³/mol. The van der Waals surface area contributed by atoms with Gasteiger partial charge in [0, 0.05) is 23.7 Å². The number of thiophene rings is 1. The molecule has 0 aliphatic carbocycles. The van der Waals surface area contributed by atoms with Crippen molar-refractivity contribution in [3.8, 4) is 11.1 Å². The van der Waals surface area contributed by atoms with Gasteiger partial charge >= 0.3 is 0 Å². The summed E-state index contributed by atoms with van der Waals surface area (Å²) in [5.74, 6) is -0.333. The smallest absolute Gasteiger partial charge is 0.254 e. The van der Waals surface area contributed by atoms with Crippen LogP contribution in [-0.4, -0.2) is 28.2 Å². The summed E-state index contributed by atoms with van der Waals surface area (Å²) in [5.41, 5.74) is 3.77. The summed E-state index contributed by atoms with van der Waals surface area (Å²) in [7, 11) is 0. The third kappa shape index (κ3) is 2.83. The average Bonchev–Trinajstić information content (AvgIpc) is 3.31. The van der Waals surface area contributed by atoms with E-state index in [4.69, 9.17) is 0 Å². The summed E-state index contributed by atoms with van der Waals surface area (Å²) in [6, 6.07) is 7.94. The number of hydrogen-bond donors (Lipinski definition) is 1. The van der Waals surface area contributed by atoms with Crippen molar-refractivity contribution in [2.24, 2.45) is 0 Å². The van der Waals surface area contributed by atoms with Gasteiger partial charge in [0.1, 0.15) is 6.54 Å². The number of carbonyl (C=O) groups excluding carboxylic acids is 2. The molecule has 1 aromatic carbocycles. The summed E-state index contributed by atoms with van der Waals surface area (Å²) >= 11 is 2.98. The Morgan fingerprint density at radius 3 is 2.92 bits per heavy atom. The molecular weight excluding hydrogens is 342 g/mol. The average molecular weight is 355 g/mol. The maximum atomic E-state index is 12.6. The summed E-state index contributed by atoms with van der Waals surface area (Å²) < 4.78 is 0. The van der Waals surface area contributed by atoms with E-state index in [0.717, 1.165) is 16.7 Å². The molecule has 0 bridgehead atoms. The van der Waals surface area contributed by atoms with Crippen LogP contribution in [0.2, 0.25) is 0 Å². The summed E-state index contributed by atoms with van der Waals surface area (Å²) in [6.45, 7) is 0.490. The van der Waals surface area contributed by atoms with Crippen molar-refractivity contribution in [2.75, 3.05) is 11.9 Å². The Morgan fingerprint density at radius 2 is 2.17 bits per heavy atom. The first-order chi connectivity index (χ1) is 11.7. The third-order valence-electron chi connectivity index (χ3n) is 3.86. The maximum Gasteiger partial charge on any atom is 0.254 e. The molecule has 0 fully saturated rings. The van der Waals surface area contributed by atoms with Gasteiger partial charge in [-0.1, -0.05) is 12.1 Å². The summed E-state index contributed by atoms with van der Waals surface area (Å²) in [5, 5.41) is 9.11. The Morgan fingerprint density at radius 1 is 1.25 bits per heavy atom. The Kier molecular flexibility index (Phi) is 3.87. The standard InChI is InChI=1S/C17H13N3O2S2/c21-15(19-17-18-4-6-24-17)9-20-8-12-2-1-11(7-14(12)16(20)22)13-3-5-23-10-13/h1-7,10H,8-9H2,(H,18,19,21). The molecule has 5 nitrogen and oxygen atoms in total. The Bertz CT molecular complexity index is 889. The molecule has 1 aliphatic heterocycles. The van der Waals surface area contributed by atoms with Gasteiger partial charge in [-0.05, 0) is 39.6 Å². The number of rotatable bonds is 4. The van der Waals surface area contributed by atoms with Crippen molar-refractivity contribution < 1.29 is 9.59 Å². The minimum atomic E-state index is -0.232. The fourth-order valence-electron chi connectivity index (χ4n) is 2.71. The predicted octanol–water partition coefficient (Wildman–Crippen LogP) is 3.47. The molecule has 120 valence electrons. The van der Waals surface area contributed by atoms with Crippen LogP contribution >= 0.6 is 22.7 Å². The number of aromatic nitrogens is 1. The SMILES string of the molecule is O=C(CN1Cc2ccc(-c3ccsc3)cc2C1=O)Nc1nccs1. The highest BCUT2D eigenvalue weighted by atomic mass is 32.1. The van der Waals surface area contributed by atoms with E-state index in [9.17, 15) is 9.59 Å². The second-order valence-electron chi connectivity index (χ2n) is 5.43. The third-order valence-corrected chi connectivity index (χ3v) is 5.23. The van der Waals surface area contributed by atoms with Gasteiger partial charge < -0.3 is 10.2 Å². The lowest BCUT2D eigenvalue weighted by atomic mass is 10.0. The number of carbonyl (C=O) groups is 2. The molecule has 24 heavy (non-hydrogen) atoms. The zero-order valence-electron chi connectivity index (χ0n) is 12.6. The van der Waals surface area contributed by atoms with Crippen LogP contribution in [0, 0.1) is 0 Å². The van der Waals surface area contributed by atoms with Crippen molar-refractivity contribution in [1.29, 1.82) is 0 Å². The fraction of sp³-hybridized carbons (Fsp3) is 0.118. The van der Waals surface area contributed by atoms with Crippen molar-refractivity contribution >= 4 is 39.6 Å². The van der Waals surface area contributed by atoms with E-state index in [2.05, 4.69) is 15.7 Å². The van der Waals surface area contributed by atoms with Gasteiger partial charge in [-0.3, -0.25) is 9.59 Å². The molecule has 0 atom stereocenters. The van der Waals surface area contributed by atoms with Crippen molar-refractivity contribution in [2.45, 2.75) is 6.54 Å². The number of amides is 2. The van der Waals surface area contributed by atoms with Crippen LogP contribution in [0.15, 0.2) is 46.6 Å². The van der Waals surface area contributed by atoms with Crippen molar-refractivity contribution in [3.63, 3.8) is 0 Å². The van der Waals surface area contributed by atoms with E-state index in [1.165, 1.54) is 11.3 Å². The second kappa shape index (κ2) is 6.18. The van der Waals surface area contributed by atoms with Gasteiger partial charge in [-0.15, -0.1) is 11.3 Å². The minimum absolute atomic E-state index is 0.0286. The lowest BCUT2D eigenvalue weighted by molar-refractivity contribution is -0.116. The van der Waals surface area contributed by atoms with E-state index in [1.807, 2.05) is 29.6 Å². The molecule has 3 aromatic rings. The molecule has 0 saturated heterocycles. The highest BCUT2D eigenvalue weighted by Crippen LogP contribution is 2.29. The topological polar surface area (TPSA) is 62.3 Å². The van der Waals surface area contributed by atoms with E-state index in [-0.39, 0.29) is 18.4 Å². The number of anilines is 1. The molecule has 0 saturated carbocycles. The Hall–Kier alpha value is -2.51. The number of nitrogens with one attached hydrogen (secondary N) is 1. The minimum Gasteiger partial charge on any atom is -0.325 e. The number of thiazole rings is 1. The molecule has 3 heterocycles. The van der Waals surface area contributed by atoms with E-state index >= 15 is 0 Å². The second-order valence-corrected chi connectivity index (χ2v) is 7.11. The summed E-state index contributed by atoms with van der Waals surface area (Å²) in [4.78, 5) is 30.2. The largest absolute Gasteiger partial charge is 0.325 e. The first kappa shape index (κ1) is 15.0. The molecule has 2 aromatic heterocycles. The van der Waals surface area contributed by atoms with Gasteiger partial charge in [-0.2, -0.15) is 11.3 Å². The van der Waals surface area contributed by atoms with Gasteiger partial charge in [0.05, 0.1) is 0 Å². The van der Waals surface area contributed by atoms with Crippen LogP contribution in [0.5, 0.6) is 0 Å². The highest BCUT2D eigenvalue weighted by molar-refractivity contribution is 7.13. The molecule has 0 unspecified atom stereocenters. The van der Waals surface area contributed by atoms with Crippen molar-refractivity contribution in [3.05, 3.63) is 57.7 Å². The zero-order valence-corrected chi connectivity index (χ0v) is 14.2. The van der Waals surface area contributed by atoms with E-state index in [1.54, 1.807) is 27.8 Å². The lowest BCUT2D eigenvalue weighted by Gasteiger charge is -2.14. The first-order valence-electron chi connectivity index (χ1n) is 7.35. The zero-order chi connectivity index (χ0) is 16.5. The molecule has 0 spiro atoms. The highest BCUT2D eigenvalue weighted by Gasteiger charge is 2.29. The lowest BCUT2D eigenvalue weighted by Crippen LogP contribution is -2.33. The monoisotopic (exact) mass is 355 g/mol. The number of nitrogens with zero attached hydrogens (tertiary/aromatic N) is 2. The number of hydrogen-bond acceptors (Lipinski definition) is 5. The molecule has 1 N–H and O–H groups in total. The number of fused-ring (bicyclic) bond motifs is 1. The molecule has 7 heteroatoms. The quantitative estimate of drug-likeness (QED) is 0.779. The van der Waals surface area contributed by atoms with Crippen LogP contribution in [0.1, 0.15) is 15.9 Å². The van der Waals surface area contributed by atoms with E-state index < -0.39 is 0 Å². The molecule has 2 amide bonds. The van der Waals surface area contributed by atoms with Crippen LogP contribution < -0.4 is 5.32 Å².